The average Bonchev–Trinajstić information content (AvgIpc) is 2.37. The van der Waals surface area contributed by atoms with E-state index in [1.54, 1.807) is 0 Å². The number of rotatable bonds is 9. The van der Waals surface area contributed by atoms with Crippen LogP contribution >= 0.6 is 0 Å². The minimum absolute atomic E-state index is 0.232. The fourth-order valence-electron chi connectivity index (χ4n) is 1.79. The molecule has 22 heavy (non-hydrogen) atoms. The molecule has 0 rings (SSSR count). The molecule has 1 atom stereocenters. The third-order valence-electron chi connectivity index (χ3n) is 2.89. The quantitative estimate of drug-likeness (QED) is 0.454. The van der Waals surface area contributed by atoms with Crippen molar-refractivity contribution in [2.24, 2.45) is 0 Å². The molecule has 0 aliphatic carbocycles. The molecule has 0 amide bonds. The van der Waals surface area contributed by atoms with Crippen LogP contribution in [0.4, 0.5) is 30.7 Å². The van der Waals surface area contributed by atoms with E-state index >= 15 is 0 Å². The van der Waals surface area contributed by atoms with Crippen LogP contribution in [0.3, 0.4) is 0 Å². The van der Waals surface area contributed by atoms with Crippen molar-refractivity contribution in [3.8, 4) is 0 Å². The molecule has 0 aliphatic rings. The van der Waals surface area contributed by atoms with Gasteiger partial charge in [0.05, 0.1) is 5.54 Å². The van der Waals surface area contributed by atoms with Crippen LogP contribution in [0.25, 0.3) is 0 Å². The Labute approximate surface area is 125 Å². The van der Waals surface area contributed by atoms with Gasteiger partial charge in [-0.3, -0.25) is 0 Å². The highest BCUT2D eigenvalue weighted by Gasteiger charge is 2.78. The summed E-state index contributed by atoms with van der Waals surface area (Å²) in [4.78, 5) is 0. The third-order valence-corrected chi connectivity index (χ3v) is 6.38. The zero-order valence-electron chi connectivity index (χ0n) is 12.6. The summed E-state index contributed by atoms with van der Waals surface area (Å²) in [6.07, 6.45) is -6.41. The highest BCUT2D eigenvalue weighted by molar-refractivity contribution is 6.62. The molecule has 0 aromatic heterocycles. The number of halogens is 7. The van der Waals surface area contributed by atoms with Gasteiger partial charge in [0.25, 0.3) is 0 Å². The van der Waals surface area contributed by atoms with Gasteiger partial charge in [-0.05, 0) is 20.8 Å². The lowest BCUT2D eigenvalue weighted by atomic mass is 10.1. The van der Waals surface area contributed by atoms with Crippen molar-refractivity contribution in [3.05, 3.63) is 0 Å². The SMILES string of the molecule is CCO[Si](OCC)(OCC)C(C)C(F)(F)C(F)(F)C(F)(F)F. The van der Waals surface area contributed by atoms with Crippen molar-refractivity contribution in [2.45, 2.75) is 51.3 Å². The van der Waals surface area contributed by atoms with Crippen molar-refractivity contribution in [2.75, 3.05) is 19.8 Å². The van der Waals surface area contributed by atoms with Gasteiger partial charge in [-0.2, -0.15) is 30.7 Å². The molecular formula is C11H19F7O3Si. The summed E-state index contributed by atoms with van der Waals surface area (Å²) in [6.45, 7) is 3.93. The summed E-state index contributed by atoms with van der Waals surface area (Å²) in [5.74, 6) is -11.7. The molecule has 0 aliphatic heterocycles. The molecule has 3 nitrogen and oxygen atoms in total. The van der Waals surface area contributed by atoms with Gasteiger partial charge in [-0.15, -0.1) is 0 Å². The molecule has 0 aromatic rings. The third kappa shape index (κ3) is 3.92. The van der Waals surface area contributed by atoms with Crippen molar-refractivity contribution >= 4 is 8.80 Å². The summed E-state index contributed by atoms with van der Waals surface area (Å²) < 4.78 is 106. The van der Waals surface area contributed by atoms with E-state index in [0.717, 1.165) is 0 Å². The molecular weight excluding hydrogens is 341 g/mol. The van der Waals surface area contributed by atoms with Gasteiger partial charge in [0.15, 0.2) is 0 Å². The zero-order valence-corrected chi connectivity index (χ0v) is 13.6. The van der Waals surface area contributed by atoms with E-state index < -0.39 is 32.4 Å². The summed E-state index contributed by atoms with van der Waals surface area (Å²) in [5.41, 5.74) is -2.59. The van der Waals surface area contributed by atoms with Gasteiger partial charge in [0.2, 0.25) is 0 Å². The normalized spacial score (nSPS) is 16.0. The first kappa shape index (κ1) is 21.6. The van der Waals surface area contributed by atoms with Gasteiger partial charge >= 0.3 is 26.8 Å². The number of hydrogen-bond donors (Lipinski definition) is 0. The molecule has 0 N–H and O–H groups in total. The summed E-state index contributed by atoms with van der Waals surface area (Å²) >= 11 is 0. The Hall–Kier alpha value is -0.393. The molecule has 0 aromatic carbocycles. The molecule has 0 radical (unpaired) electrons. The van der Waals surface area contributed by atoms with Crippen LogP contribution in [-0.4, -0.2) is 46.6 Å². The van der Waals surface area contributed by atoms with E-state index in [1.165, 1.54) is 20.8 Å². The van der Waals surface area contributed by atoms with Crippen molar-refractivity contribution < 1.29 is 44.0 Å². The van der Waals surface area contributed by atoms with Crippen LogP contribution in [0.15, 0.2) is 0 Å². The van der Waals surface area contributed by atoms with E-state index in [0.29, 0.717) is 6.92 Å². The molecule has 0 bridgehead atoms. The lowest BCUT2D eigenvalue weighted by molar-refractivity contribution is -0.356. The maximum Gasteiger partial charge on any atom is 0.510 e. The summed E-state index contributed by atoms with van der Waals surface area (Å²) in [6, 6.07) is 0. The predicted octanol–water partition coefficient (Wildman–Crippen LogP) is 4.26. The van der Waals surface area contributed by atoms with E-state index in [2.05, 4.69) is 0 Å². The predicted molar refractivity (Wildman–Crippen MR) is 66.0 cm³/mol. The van der Waals surface area contributed by atoms with Gasteiger partial charge in [0, 0.05) is 19.8 Å². The molecule has 1 unspecified atom stereocenters. The Bertz CT molecular complexity index is 330. The first-order valence-corrected chi connectivity index (χ1v) is 8.38. The number of hydrogen-bond acceptors (Lipinski definition) is 3. The van der Waals surface area contributed by atoms with Crippen LogP contribution < -0.4 is 0 Å². The monoisotopic (exact) mass is 360 g/mol. The van der Waals surface area contributed by atoms with E-state index in [1.807, 2.05) is 0 Å². The molecule has 134 valence electrons. The van der Waals surface area contributed by atoms with Crippen molar-refractivity contribution in [3.63, 3.8) is 0 Å². The first-order valence-electron chi connectivity index (χ1n) is 6.58. The number of alkyl halides is 7. The molecule has 0 fully saturated rings. The summed E-state index contributed by atoms with van der Waals surface area (Å²) in [7, 11) is -4.45. The van der Waals surface area contributed by atoms with Crippen molar-refractivity contribution in [1.82, 2.24) is 0 Å². The van der Waals surface area contributed by atoms with Crippen LogP contribution in [0.5, 0.6) is 0 Å². The standard InChI is InChI=1S/C11H19F7O3Si/c1-5-19-22(20-6-2,21-7-3)8(4)9(12,13)10(14,15)11(16,17)18/h8H,5-7H2,1-4H3. The second-order valence-electron chi connectivity index (χ2n) is 4.32. The Balaban J connectivity index is 5.84. The smallest absolute Gasteiger partial charge is 0.373 e. The fraction of sp³-hybridized carbons (Fsp3) is 1.00. The highest BCUT2D eigenvalue weighted by Crippen LogP contribution is 2.54. The topological polar surface area (TPSA) is 27.7 Å². The summed E-state index contributed by atoms with van der Waals surface area (Å²) in [5, 5.41) is 0. The minimum atomic E-state index is -6.41. The maximum atomic E-state index is 13.9. The van der Waals surface area contributed by atoms with E-state index in [4.69, 9.17) is 13.3 Å². The highest BCUT2D eigenvalue weighted by atomic mass is 28.4. The minimum Gasteiger partial charge on any atom is -0.373 e. The lowest BCUT2D eigenvalue weighted by Gasteiger charge is -2.39. The van der Waals surface area contributed by atoms with E-state index in [9.17, 15) is 30.7 Å². The Morgan fingerprint density at radius 1 is 0.773 bits per heavy atom. The fourth-order valence-corrected chi connectivity index (χ4v) is 4.62. The second kappa shape index (κ2) is 7.45. The van der Waals surface area contributed by atoms with Gasteiger partial charge in [-0.25, -0.2) is 0 Å². The first-order chi connectivity index (χ1) is 9.84. The van der Waals surface area contributed by atoms with Crippen LogP contribution in [0.2, 0.25) is 5.54 Å². The average molecular weight is 360 g/mol. The zero-order chi connectivity index (χ0) is 17.8. The van der Waals surface area contributed by atoms with Crippen LogP contribution in [0.1, 0.15) is 27.7 Å². The van der Waals surface area contributed by atoms with Crippen LogP contribution in [-0.2, 0) is 13.3 Å². The maximum absolute atomic E-state index is 13.9. The van der Waals surface area contributed by atoms with Gasteiger partial charge in [0.1, 0.15) is 0 Å². The molecule has 0 heterocycles. The van der Waals surface area contributed by atoms with Crippen LogP contribution in [0, 0.1) is 0 Å². The van der Waals surface area contributed by atoms with Gasteiger partial charge in [-0.1, -0.05) is 6.92 Å². The molecule has 0 saturated heterocycles. The largest absolute Gasteiger partial charge is 0.510 e. The molecule has 11 heteroatoms. The lowest BCUT2D eigenvalue weighted by Crippen LogP contribution is -2.62. The Morgan fingerprint density at radius 3 is 1.32 bits per heavy atom. The van der Waals surface area contributed by atoms with Gasteiger partial charge < -0.3 is 13.3 Å². The van der Waals surface area contributed by atoms with Crippen molar-refractivity contribution in [1.29, 1.82) is 0 Å². The molecule has 0 saturated carbocycles. The second-order valence-corrected chi connectivity index (χ2v) is 7.26. The molecule has 0 spiro atoms. The van der Waals surface area contributed by atoms with E-state index in [-0.39, 0.29) is 19.8 Å². The Kier molecular flexibility index (Phi) is 7.32. The Morgan fingerprint density at radius 2 is 1.09 bits per heavy atom.